The van der Waals surface area contributed by atoms with Gasteiger partial charge in [0.05, 0.1) is 11.3 Å². The highest BCUT2D eigenvalue weighted by Crippen LogP contribution is 2.28. The number of aliphatic carboxylic acids is 1. The first-order valence-electron chi connectivity index (χ1n) is 6.28. The normalized spacial score (nSPS) is 15.8. The zero-order chi connectivity index (χ0) is 13.0. The largest absolute Gasteiger partial charge is 0.478 e. The van der Waals surface area contributed by atoms with E-state index in [-0.39, 0.29) is 0 Å². The Balaban J connectivity index is 2.42. The highest BCUT2D eigenvalue weighted by Gasteiger charge is 2.14. The number of carboxylic acid groups (broad SMARTS) is 1. The second-order valence-electron chi connectivity index (χ2n) is 4.41. The molecular formula is C15H17NO2. The summed E-state index contributed by atoms with van der Waals surface area (Å²) in [5.41, 5.74) is 2.97. The van der Waals surface area contributed by atoms with Gasteiger partial charge in [-0.05, 0) is 38.7 Å². The number of allylic oxidation sites excluding steroid dienone is 1. The first kappa shape index (κ1) is 12.6. The average molecular weight is 243 g/mol. The lowest BCUT2D eigenvalue weighted by molar-refractivity contribution is -0.130. The fourth-order valence-electron chi connectivity index (χ4n) is 2.26. The lowest BCUT2D eigenvalue weighted by Gasteiger charge is -2.07. The van der Waals surface area contributed by atoms with Crippen LogP contribution in [0.25, 0.3) is 5.57 Å². The van der Waals surface area contributed by atoms with Gasteiger partial charge in [-0.3, -0.25) is 4.99 Å². The van der Waals surface area contributed by atoms with E-state index in [9.17, 15) is 9.90 Å². The van der Waals surface area contributed by atoms with Crippen molar-refractivity contribution in [2.45, 2.75) is 32.6 Å². The molecule has 1 saturated carbocycles. The predicted octanol–water partition coefficient (Wildman–Crippen LogP) is 3.82. The minimum atomic E-state index is -0.906. The molecule has 1 aliphatic rings. The van der Waals surface area contributed by atoms with E-state index in [2.05, 4.69) is 4.99 Å². The van der Waals surface area contributed by atoms with Crippen molar-refractivity contribution < 1.29 is 9.90 Å². The van der Waals surface area contributed by atoms with E-state index in [0.717, 1.165) is 18.5 Å². The van der Waals surface area contributed by atoms with Crippen LogP contribution < -0.4 is 0 Å². The summed E-state index contributed by atoms with van der Waals surface area (Å²) >= 11 is 0. The quantitative estimate of drug-likeness (QED) is 0.820. The van der Waals surface area contributed by atoms with E-state index >= 15 is 0 Å². The highest BCUT2D eigenvalue weighted by atomic mass is 16.4. The minimum Gasteiger partial charge on any atom is -0.478 e. The van der Waals surface area contributed by atoms with E-state index in [1.807, 2.05) is 24.3 Å². The van der Waals surface area contributed by atoms with Gasteiger partial charge in [0.2, 0.25) is 0 Å². The number of hydrogen-bond donors (Lipinski definition) is 1. The molecule has 0 saturated heterocycles. The molecule has 1 aromatic rings. The maximum absolute atomic E-state index is 11.2. The Kier molecular flexibility index (Phi) is 3.92. The van der Waals surface area contributed by atoms with Gasteiger partial charge in [0.15, 0.2) is 0 Å². The van der Waals surface area contributed by atoms with Gasteiger partial charge < -0.3 is 5.11 Å². The molecule has 1 N–H and O–H groups in total. The maximum Gasteiger partial charge on any atom is 0.336 e. The van der Waals surface area contributed by atoms with Gasteiger partial charge in [-0.15, -0.1) is 0 Å². The number of benzene rings is 1. The Morgan fingerprint density at radius 1 is 1.28 bits per heavy atom. The number of carbonyl (C=O) groups is 1. The van der Waals surface area contributed by atoms with Gasteiger partial charge in [-0.25, -0.2) is 4.79 Å². The van der Waals surface area contributed by atoms with Crippen LogP contribution in [0, 0.1) is 0 Å². The number of carboxylic acids is 1. The highest BCUT2D eigenvalue weighted by molar-refractivity contribution is 6.17. The molecule has 1 aliphatic carbocycles. The summed E-state index contributed by atoms with van der Waals surface area (Å²) in [7, 11) is 0. The van der Waals surface area contributed by atoms with Crippen LogP contribution in [0.1, 0.15) is 38.2 Å². The Hall–Kier alpha value is -1.90. The van der Waals surface area contributed by atoms with Crippen LogP contribution in [0.3, 0.4) is 0 Å². The van der Waals surface area contributed by atoms with Crippen LogP contribution in [0.5, 0.6) is 0 Å². The zero-order valence-corrected chi connectivity index (χ0v) is 10.5. The Labute approximate surface area is 107 Å². The van der Waals surface area contributed by atoms with Gasteiger partial charge in [-0.1, -0.05) is 24.3 Å². The van der Waals surface area contributed by atoms with Crippen molar-refractivity contribution in [1.29, 1.82) is 0 Å². The molecule has 1 fully saturated rings. The van der Waals surface area contributed by atoms with E-state index < -0.39 is 5.97 Å². The molecule has 2 rings (SSSR count). The Bertz CT molecular complexity index is 507. The van der Waals surface area contributed by atoms with Crippen LogP contribution in [-0.2, 0) is 4.79 Å². The molecule has 0 atom stereocenters. The summed E-state index contributed by atoms with van der Waals surface area (Å²) in [6.45, 7) is 1.74. The summed E-state index contributed by atoms with van der Waals surface area (Å²) in [6, 6.07) is 7.44. The minimum absolute atomic E-state index is 0.313. The van der Waals surface area contributed by atoms with Crippen molar-refractivity contribution in [3.63, 3.8) is 0 Å². The smallest absolute Gasteiger partial charge is 0.336 e. The summed E-state index contributed by atoms with van der Waals surface area (Å²) in [5.74, 6) is -0.906. The Morgan fingerprint density at radius 2 is 1.94 bits per heavy atom. The standard InChI is InChI=1S/C15H17NO2/c1-2-12(15(17)18)13-9-5-6-10-14(13)16-11-7-3-4-8-11/h2,5-6,9-10H,3-4,7-8H2,1H3,(H,17,18). The van der Waals surface area contributed by atoms with Gasteiger partial charge in [0.25, 0.3) is 0 Å². The average Bonchev–Trinajstić information content (AvgIpc) is 2.84. The molecule has 3 nitrogen and oxygen atoms in total. The second-order valence-corrected chi connectivity index (χ2v) is 4.41. The fourth-order valence-corrected chi connectivity index (χ4v) is 2.26. The molecule has 0 radical (unpaired) electrons. The third kappa shape index (κ3) is 2.67. The van der Waals surface area contributed by atoms with E-state index in [1.165, 1.54) is 18.6 Å². The number of para-hydroxylation sites is 1. The third-order valence-electron chi connectivity index (χ3n) is 3.17. The predicted molar refractivity (Wildman–Crippen MR) is 73.3 cm³/mol. The molecule has 0 heterocycles. The van der Waals surface area contributed by atoms with Crippen molar-refractivity contribution in [2.24, 2.45) is 4.99 Å². The van der Waals surface area contributed by atoms with Crippen molar-refractivity contribution in [3.8, 4) is 0 Å². The molecule has 0 unspecified atom stereocenters. The molecule has 94 valence electrons. The van der Waals surface area contributed by atoms with Crippen LogP contribution in [0.15, 0.2) is 35.3 Å². The van der Waals surface area contributed by atoms with Gasteiger partial charge in [0.1, 0.15) is 0 Å². The SMILES string of the molecule is CC=C(C(=O)O)c1ccccc1N=C1CCCC1. The van der Waals surface area contributed by atoms with Crippen LogP contribution in [-0.4, -0.2) is 16.8 Å². The van der Waals surface area contributed by atoms with E-state index in [0.29, 0.717) is 11.1 Å². The fraction of sp³-hybridized carbons (Fsp3) is 0.333. The van der Waals surface area contributed by atoms with Crippen molar-refractivity contribution in [2.75, 3.05) is 0 Å². The molecule has 0 bridgehead atoms. The maximum atomic E-state index is 11.2. The molecule has 0 spiro atoms. The summed E-state index contributed by atoms with van der Waals surface area (Å²) in [6.07, 6.45) is 6.07. The molecule has 0 aromatic heterocycles. The van der Waals surface area contributed by atoms with E-state index in [1.54, 1.807) is 13.0 Å². The molecular weight excluding hydrogens is 226 g/mol. The van der Waals surface area contributed by atoms with Crippen molar-refractivity contribution in [3.05, 3.63) is 35.9 Å². The van der Waals surface area contributed by atoms with Gasteiger partial charge >= 0.3 is 5.97 Å². The molecule has 18 heavy (non-hydrogen) atoms. The van der Waals surface area contributed by atoms with E-state index in [4.69, 9.17) is 0 Å². The van der Waals surface area contributed by atoms with Crippen molar-refractivity contribution >= 4 is 22.9 Å². The third-order valence-corrected chi connectivity index (χ3v) is 3.17. The lowest BCUT2D eigenvalue weighted by atomic mass is 10.0. The molecule has 3 heteroatoms. The number of hydrogen-bond acceptors (Lipinski definition) is 2. The van der Waals surface area contributed by atoms with Crippen LogP contribution in [0.4, 0.5) is 5.69 Å². The lowest BCUT2D eigenvalue weighted by Crippen LogP contribution is -2.00. The first-order valence-corrected chi connectivity index (χ1v) is 6.28. The Morgan fingerprint density at radius 3 is 2.56 bits per heavy atom. The first-order chi connectivity index (χ1) is 8.72. The zero-order valence-electron chi connectivity index (χ0n) is 10.5. The molecule has 0 amide bonds. The second kappa shape index (κ2) is 5.63. The van der Waals surface area contributed by atoms with Gasteiger partial charge in [-0.2, -0.15) is 0 Å². The number of rotatable bonds is 3. The topological polar surface area (TPSA) is 49.7 Å². The summed E-state index contributed by atoms with van der Waals surface area (Å²) in [4.78, 5) is 15.8. The monoisotopic (exact) mass is 243 g/mol. The van der Waals surface area contributed by atoms with Gasteiger partial charge in [0, 0.05) is 11.3 Å². The molecule has 0 aliphatic heterocycles. The van der Waals surface area contributed by atoms with Crippen LogP contribution in [0.2, 0.25) is 0 Å². The molecule has 1 aromatic carbocycles. The van der Waals surface area contributed by atoms with Crippen molar-refractivity contribution in [1.82, 2.24) is 0 Å². The van der Waals surface area contributed by atoms with Crippen LogP contribution >= 0.6 is 0 Å². The number of aliphatic imine (C=N–C) groups is 1. The summed E-state index contributed by atoms with van der Waals surface area (Å²) < 4.78 is 0. The summed E-state index contributed by atoms with van der Waals surface area (Å²) in [5, 5.41) is 9.20. The number of nitrogens with zero attached hydrogens (tertiary/aromatic N) is 1.